The molecule has 0 aliphatic carbocycles. The summed E-state index contributed by atoms with van der Waals surface area (Å²) < 4.78 is 0. The normalized spacial score (nSPS) is 11.7. The minimum atomic E-state index is -0.802. The maximum atomic E-state index is 9.49. The zero-order valence-electron chi connectivity index (χ0n) is 11.6. The number of aromatic nitrogens is 2. The largest absolute Gasteiger partial charge is 0.394 e. The maximum absolute atomic E-state index is 9.49. The Morgan fingerprint density at radius 1 is 1.26 bits per heavy atom. The number of rotatable bonds is 7. The topological polar surface area (TPSA) is 116 Å². The molecule has 1 aromatic heterocycles. The van der Waals surface area contributed by atoms with Gasteiger partial charge >= 0.3 is 0 Å². The molecule has 1 aromatic rings. The molecule has 0 spiro atoms. The summed E-state index contributed by atoms with van der Waals surface area (Å²) in [6, 6.07) is 0. The lowest BCUT2D eigenvalue weighted by atomic mass is 9.97. The lowest BCUT2D eigenvalue weighted by Gasteiger charge is -2.31. The number of nitrogens with one attached hydrogen (secondary N) is 2. The smallest absolute Gasteiger partial charge is 0.148 e. The van der Waals surface area contributed by atoms with Crippen molar-refractivity contribution in [3.05, 3.63) is 11.9 Å². The Balaban J connectivity index is 3.20. The Hall–Kier alpha value is -1.44. The van der Waals surface area contributed by atoms with Crippen LogP contribution < -0.4 is 16.6 Å². The molecule has 0 bridgehead atoms. The third-order valence-electron chi connectivity index (χ3n) is 3.26. The molecular formula is C12H23N5O2. The molecule has 0 unspecified atom stereocenters. The van der Waals surface area contributed by atoms with E-state index in [1.165, 1.54) is 6.33 Å². The number of hydrazine groups is 1. The Bertz CT molecular complexity index is 399. The van der Waals surface area contributed by atoms with Crippen molar-refractivity contribution in [3.63, 3.8) is 0 Å². The highest BCUT2D eigenvalue weighted by Gasteiger charge is 2.28. The van der Waals surface area contributed by atoms with E-state index in [4.69, 9.17) is 5.84 Å². The van der Waals surface area contributed by atoms with Gasteiger partial charge in [0.2, 0.25) is 0 Å². The van der Waals surface area contributed by atoms with Crippen LogP contribution in [0.2, 0.25) is 0 Å². The third-order valence-corrected chi connectivity index (χ3v) is 3.26. The molecule has 0 amide bonds. The van der Waals surface area contributed by atoms with E-state index in [1.54, 1.807) is 0 Å². The first-order valence-electron chi connectivity index (χ1n) is 6.35. The fraction of sp³-hybridized carbons (Fsp3) is 0.667. The number of nitrogens with zero attached hydrogens (tertiary/aromatic N) is 2. The van der Waals surface area contributed by atoms with Crippen LogP contribution in [0.1, 0.15) is 38.7 Å². The van der Waals surface area contributed by atoms with Crippen LogP contribution >= 0.6 is 0 Å². The molecule has 0 aliphatic heterocycles. The summed E-state index contributed by atoms with van der Waals surface area (Å²) in [7, 11) is 0. The lowest BCUT2D eigenvalue weighted by Crippen LogP contribution is -2.45. The van der Waals surface area contributed by atoms with E-state index >= 15 is 0 Å². The summed E-state index contributed by atoms with van der Waals surface area (Å²) in [5, 5.41) is 22.1. The SMILES string of the molecule is CCC(CO)(CO)Nc1ncnc(NN)c1C(C)C. The molecule has 0 fully saturated rings. The number of hydrogen-bond acceptors (Lipinski definition) is 7. The number of nitrogen functional groups attached to an aromatic ring is 1. The fourth-order valence-electron chi connectivity index (χ4n) is 1.85. The fourth-order valence-corrected chi connectivity index (χ4v) is 1.85. The molecule has 6 N–H and O–H groups in total. The highest BCUT2D eigenvalue weighted by Crippen LogP contribution is 2.30. The quantitative estimate of drug-likeness (QED) is 0.360. The molecule has 7 heteroatoms. The average molecular weight is 269 g/mol. The van der Waals surface area contributed by atoms with Gasteiger partial charge in [0.1, 0.15) is 18.0 Å². The van der Waals surface area contributed by atoms with Gasteiger partial charge in [0, 0.05) is 5.56 Å². The summed E-state index contributed by atoms with van der Waals surface area (Å²) in [6.45, 7) is 5.50. The van der Waals surface area contributed by atoms with Crippen molar-refractivity contribution in [2.45, 2.75) is 38.6 Å². The van der Waals surface area contributed by atoms with Crippen LogP contribution in [0.5, 0.6) is 0 Å². The number of nitrogens with two attached hydrogens (primary N) is 1. The Labute approximate surface area is 113 Å². The van der Waals surface area contributed by atoms with Gasteiger partial charge < -0.3 is 21.0 Å². The van der Waals surface area contributed by atoms with Crippen molar-refractivity contribution in [2.75, 3.05) is 24.0 Å². The molecule has 0 atom stereocenters. The van der Waals surface area contributed by atoms with Gasteiger partial charge in [-0.1, -0.05) is 20.8 Å². The average Bonchev–Trinajstić information content (AvgIpc) is 2.44. The minimum absolute atomic E-state index is 0.140. The lowest BCUT2D eigenvalue weighted by molar-refractivity contribution is 0.132. The Morgan fingerprint density at radius 3 is 2.26 bits per heavy atom. The third kappa shape index (κ3) is 3.31. The first-order chi connectivity index (χ1) is 9.03. The minimum Gasteiger partial charge on any atom is -0.394 e. The maximum Gasteiger partial charge on any atom is 0.148 e. The van der Waals surface area contributed by atoms with Gasteiger partial charge in [-0.3, -0.25) is 0 Å². The number of aliphatic hydroxyl groups excluding tert-OH is 2. The van der Waals surface area contributed by atoms with Crippen molar-refractivity contribution in [1.29, 1.82) is 0 Å². The van der Waals surface area contributed by atoms with Crippen molar-refractivity contribution in [1.82, 2.24) is 9.97 Å². The molecule has 19 heavy (non-hydrogen) atoms. The highest BCUT2D eigenvalue weighted by molar-refractivity contribution is 5.59. The van der Waals surface area contributed by atoms with Crippen LogP contribution in [0, 0.1) is 0 Å². The first kappa shape index (κ1) is 15.6. The molecule has 0 saturated heterocycles. The van der Waals surface area contributed by atoms with Crippen molar-refractivity contribution in [3.8, 4) is 0 Å². The van der Waals surface area contributed by atoms with Crippen LogP contribution in [0.25, 0.3) is 0 Å². The molecule has 0 saturated carbocycles. The van der Waals surface area contributed by atoms with E-state index in [0.29, 0.717) is 18.1 Å². The van der Waals surface area contributed by atoms with E-state index in [-0.39, 0.29) is 19.1 Å². The van der Waals surface area contributed by atoms with Gasteiger partial charge in [0.15, 0.2) is 0 Å². The van der Waals surface area contributed by atoms with Crippen molar-refractivity contribution < 1.29 is 10.2 Å². The van der Waals surface area contributed by atoms with Gasteiger partial charge in [-0.2, -0.15) is 0 Å². The molecule has 7 nitrogen and oxygen atoms in total. The summed E-state index contributed by atoms with van der Waals surface area (Å²) in [5.41, 5.74) is 2.56. The van der Waals surface area contributed by atoms with Crippen LogP contribution in [0.15, 0.2) is 6.33 Å². The van der Waals surface area contributed by atoms with Gasteiger partial charge in [-0.15, -0.1) is 0 Å². The number of anilines is 2. The zero-order valence-corrected chi connectivity index (χ0v) is 11.6. The van der Waals surface area contributed by atoms with Crippen LogP contribution in [0.4, 0.5) is 11.6 Å². The Morgan fingerprint density at radius 2 is 1.84 bits per heavy atom. The molecule has 0 aliphatic rings. The van der Waals surface area contributed by atoms with Crippen molar-refractivity contribution >= 4 is 11.6 Å². The molecular weight excluding hydrogens is 246 g/mol. The molecule has 0 radical (unpaired) electrons. The standard InChI is InChI=1S/C12H23N5O2/c1-4-12(5-18,6-19)16-10-9(8(2)3)11(17-13)15-7-14-10/h7-8,18-19H,4-6,13H2,1-3H3,(H2,14,15,16,17). The predicted octanol–water partition coefficient (Wildman–Crippen LogP) is 0.431. The second-order valence-electron chi connectivity index (χ2n) is 4.86. The van der Waals surface area contributed by atoms with Gasteiger partial charge in [-0.05, 0) is 12.3 Å². The second kappa shape index (κ2) is 6.65. The van der Waals surface area contributed by atoms with E-state index in [2.05, 4.69) is 20.7 Å². The molecule has 108 valence electrons. The van der Waals surface area contributed by atoms with Gasteiger partial charge in [0.25, 0.3) is 0 Å². The number of aliphatic hydroxyl groups is 2. The summed E-state index contributed by atoms with van der Waals surface area (Å²) in [5.74, 6) is 6.70. The van der Waals surface area contributed by atoms with E-state index in [1.807, 2.05) is 20.8 Å². The van der Waals surface area contributed by atoms with Gasteiger partial charge in [-0.25, -0.2) is 15.8 Å². The van der Waals surface area contributed by atoms with Gasteiger partial charge in [0.05, 0.1) is 18.8 Å². The zero-order chi connectivity index (χ0) is 14.5. The van der Waals surface area contributed by atoms with E-state index in [9.17, 15) is 10.2 Å². The van der Waals surface area contributed by atoms with Crippen molar-refractivity contribution in [2.24, 2.45) is 5.84 Å². The Kier molecular flexibility index (Phi) is 5.46. The molecule has 0 aromatic carbocycles. The molecule has 1 heterocycles. The van der Waals surface area contributed by atoms with Crippen LogP contribution in [0.3, 0.4) is 0 Å². The van der Waals surface area contributed by atoms with Crippen LogP contribution in [-0.2, 0) is 0 Å². The first-order valence-corrected chi connectivity index (χ1v) is 6.35. The predicted molar refractivity (Wildman–Crippen MR) is 74.7 cm³/mol. The monoisotopic (exact) mass is 269 g/mol. The van der Waals surface area contributed by atoms with E-state index in [0.717, 1.165) is 5.56 Å². The molecule has 1 rings (SSSR count). The summed E-state index contributed by atoms with van der Waals surface area (Å²) in [6.07, 6.45) is 1.95. The second-order valence-corrected chi connectivity index (χ2v) is 4.86. The summed E-state index contributed by atoms with van der Waals surface area (Å²) >= 11 is 0. The highest BCUT2D eigenvalue weighted by atomic mass is 16.3. The number of hydrogen-bond donors (Lipinski definition) is 5. The summed E-state index contributed by atoms with van der Waals surface area (Å²) in [4.78, 5) is 8.27. The van der Waals surface area contributed by atoms with E-state index < -0.39 is 5.54 Å². The van der Waals surface area contributed by atoms with Crippen LogP contribution in [-0.4, -0.2) is 38.9 Å².